The monoisotopic (exact) mass is 519 g/mol. The summed E-state index contributed by atoms with van der Waals surface area (Å²) in [6.45, 7) is 5.26. The van der Waals surface area contributed by atoms with E-state index in [0.29, 0.717) is 12.4 Å². The van der Waals surface area contributed by atoms with Crippen LogP contribution in [0.3, 0.4) is 0 Å². The van der Waals surface area contributed by atoms with Crippen LogP contribution in [0.25, 0.3) is 0 Å². The Morgan fingerprint density at radius 3 is 2.45 bits per heavy atom. The quantitative estimate of drug-likeness (QED) is 0.506. The first-order valence-electron chi connectivity index (χ1n) is 12.9. The second-order valence-electron chi connectivity index (χ2n) is 9.87. The van der Waals surface area contributed by atoms with E-state index in [2.05, 4.69) is 26.8 Å². The molecule has 1 N–H and O–H groups in total. The third kappa shape index (κ3) is 5.17. The molecule has 5 rings (SSSR count). The van der Waals surface area contributed by atoms with Gasteiger partial charge in [0, 0.05) is 64.1 Å². The number of carboxylic acid groups (broad SMARTS) is 1. The molecule has 0 saturated carbocycles. The summed E-state index contributed by atoms with van der Waals surface area (Å²) in [7, 11) is 3.19. The maximum Gasteiger partial charge on any atom is 0.332 e. The summed E-state index contributed by atoms with van der Waals surface area (Å²) in [4.78, 5) is 42.6. The van der Waals surface area contributed by atoms with Crippen LogP contribution in [0, 0.1) is 0 Å². The fourth-order valence-electron chi connectivity index (χ4n) is 5.28. The Morgan fingerprint density at radius 2 is 1.68 bits per heavy atom. The molecule has 0 atom stereocenters. The number of ether oxygens (including phenoxy) is 1. The second-order valence-corrected chi connectivity index (χ2v) is 9.87. The molecule has 0 unspecified atom stereocenters. The fourth-order valence-corrected chi connectivity index (χ4v) is 5.28. The van der Waals surface area contributed by atoms with E-state index in [1.807, 2.05) is 30.3 Å². The van der Waals surface area contributed by atoms with Gasteiger partial charge < -0.3 is 19.6 Å². The van der Waals surface area contributed by atoms with Crippen LogP contribution in [0.4, 0.5) is 17.2 Å². The molecule has 10 nitrogen and oxygen atoms in total. The van der Waals surface area contributed by atoms with Crippen molar-refractivity contribution in [3.05, 3.63) is 80.5 Å². The van der Waals surface area contributed by atoms with E-state index in [4.69, 9.17) is 4.74 Å². The molecule has 38 heavy (non-hydrogen) atoms. The molecule has 1 saturated heterocycles. The van der Waals surface area contributed by atoms with Crippen molar-refractivity contribution < 1.29 is 14.6 Å². The van der Waals surface area contributed by atoms with Crippen LogP contribution in [-0.4, -0.2) is 64.4 Å². The van der Waals surface area contributed by atoms with Gasteiger partial charge in [-0.15, -0.1) is 0 Å². The largest absolute Gasteiger partial charge is 0.487 e. The maximum absolute atomic E-state index is 12.3. The normalized spacial score (nSPS) is 15.4. The molecule has 2 aliphatic heterocycles. The Labute approximate surface area is 220 Å². The molecule has 3 aromatic rings. The third-order valence-electron chi connectivity index (χ3n) is 7.39. The van der Waals surface area contributed by atoms with Gasteiger partial charge >= 0.3 is 11.7 Å². The van der Waals surface area contributed by atoms with Gasteiger partial charge in [-0.3, -0.25) is 23.6 Å². The number of rotatable bonds is 7. The zero-order valence-electron chi connectivity index (χ0n) is 21.8. The third-order valence-corrected chi connectivity index (χ3v) is 7.39. The number of nitrogens with zero attached hydrogens (tertiary/aromatic N) is 5. The number of aliphatic carboxylic acids is 1. The van der Waals surface area contributed by atoms with E-state index < -0.39 is 5.97 Å². The van der Waals surface area contributed by atoms with Crippen LogP contribution in [0.2, 0.25) is 0 Å². The standard InChI is InChI=1S/C28H33N5O5/c1-29-25(18-26(34)30(2)28(29)37)32-14-12-31(13-15-32)10-5-11-33-22-7-4-3-6-21(22)19-38-24-9-8-20(16-23(24)33)17-27(35)36/h3-4,6-9,16,18H,5,10-15,17,19H2,1-2H3,(H,35,36). The van der Waals surface area contributed by atoms with Gasteiger partial charge in [0.15, 0.2) is 0 Å². The van der Waals surface area contributed by atoms with E-state index in [9.17, 15) is 19.5 Å². The lowest BCUT2D eigenvalue weighted by molar-refractivity contribution is -0.136. The highest BCUT2D eigenvalue weighted by molar-refractivity contribution is 5.76. The summed E-state index contributed by atoms with van der Waals surface area (Å²) in [5.41, 5.74) is 3.20. The Hall–Kier alpha value is -4.05. The first kappa shape index (κ1) is 25.6. The van der Waals surface area contributed by atoms with Crippen LogP contribution in [0.1, 0.15) is 17.5 Å². The number of fused-ring (bicyclic) bond motifs is 2. The van der Waals surface area contributed by atoms with Crippen LogP contribution in [0.5, 0.6) is 5.75 Å². The average Bonchev–Trinajstić information content (AvgIpc) is 3.06. The van der Waals surface area contributed by atoms with E-state index in [-0.39, 0.29) is 17.7 Å². The van der Waals surface area contributed by atoms with Crippen molar-refractivity contribution in [3.63, 3.8) is 0 Å². The predicted octanol–water partition coefficient (Wildman–Crippen LogP) is 1.95. The number of carboxylic acids is 1. The summed E-state index contributed by atoms with van der Waals surface area (Å²) in [5, 5.41) is 9.29. The molecule has 0 aliphatic carbocycles. The Kier molecular flexibility index (Phi) is 7.24. The van der Waals surface area contributed by atoms with Crippen molar-refractivity contribution in [2.75, 3.05) is 49.1 Å². The van der Waals surface area contributed by atoms with Crippen LogP contribution >= 0.6 is 0 Å². The molecule has 0 radical (unpaired) electrons. The Bertz CT molecular complexity index is 1450. The summed E-state index contributed by atoms with van der Waals surface area (Å²) >= 11 is 0. The van der Waals surface area contributed by atoms with Gasteiger partial charge in [0.1, 0.15) is 18.2 Å². The Morgan fingerprint density at radius 1 is 0.921 bits per heavy atom. The van der Waals surface area contributed by atoms with Crippen molar-refractivity contribution in [2.24, 2.45) is 14.1 Å². The lowest BCUT2D eigenvalue weighted by Crippen LogP contribution is -2.49. The molecule has 10 heteroatoms. The highest BCUT2D eigenvalue weighted by Crippen LogP contribution is 2.40. The van der Waals surface area contributed by atoms with Crippen molar-refractivity contribution in [3.8, 4) is 5.75 Å². The van der Waals surface area contributed by atoms with Gasteiger partial charge in [-0.2, -0.15) is 0 Å². The number of para-hydroxylation sites is 1. The van der Waals surface area contributed by atoms with E-state index in [0.717, 1.165) is 78.5 Å². The first-order chi connectivity index (χ1) is 18.3. The van der Waals surface area contributed by atoms with Crippen LogP contribution in [0.15, 0.2) is 58.1 Å². The van der Waals surface area contributed by atoms with Gasteiger partial charge in [0.2, 0.25) is 0 Å². The van der Waals surface area contributed by atoms with E-state index in [1.165, 1.54) is 17.7 Å². The molecule has 200 valence electrons. The second kappa shape index (κ2) is 10.7. The average molecular weight is 520 g/mol. The minimum atomic E-state index is -0.860. The smallest absolute Gasteiger partial charge is 0.332 e. The van der Waals surface area contributed by atoms with Crippen molar-refractivity contribution in [1.29, 1.82) is 0 Å². The highest BCUT2D eigenvalue weighted by Gasteiger charge is 2.24. The fraction of sp³-hybridized carbons (Fsp3) is 0.393. The highest BCUT2D eigenvalue weighted by atomic mass is 16.5. The molecule has 0 bridgehead atoms. The Balaban J connectivity index is 1.27. The van der Waals surface area contributed by atoms with Crippen molar-refractivity contribution >= 4 is 23.2 Å². The van der Waals surface area contributed by atoms with E-state index in [1.54, 1.807) is 7.05 Å². The van der Waals surface area contributed by atoms with Crippen LogP contribution in [-0.2, 0) is 31.9 Å². The van der Waals surface area contributed by atoms with Gasteiger partial charge in [-0.1, -0.05) is 24.3 Å². The summed E-state index contributed by atoms with van der Waals surface area (Å²) in [6, 6.07) is 15.3. The maximum atomic E-state index is 12.3. The zero-order chi connectivity index (χ0) is 26.8. The van der Waals surface area contributed by atoms with Gasteiger partial charge in [0.25, 0.3) is 5.56 Å². The molecule has 2 aromatic carbocycles. The predicted molar refractivity (Wildman–Crippen MR) is 146 cm³/mol. The molecule has 2 aliphatic rings. The first-order valence-corrected chi connectivity index (χ1v) is 12.9. The topological polar surface area (TPSA) is 100 Å². The molecule has 1 aromatic heterocycles. The number of benzene rings is 2. The van der Waals surface area contributed by atoms with Gasteiger partial charge in [-0.05, 0) is 36.7 Å². The number of anilines is 3. The van der Waals surface area contributed by atoms with Gasteiger partial charge in [0.05, 0.1) is 12.1 Å². The number of aromatic nitrogens is 2. The minimum absolute atomic E-state index is 0.0356. The minimum Gasteiger partial charge on any atom is -0.487 e. The number of hydrogen-bond acceptors (Lipinski definition) is 7. The number of hydrogen-bond donors (Lipinski definition) is 1. The summed E-state index contributed by atoms with van der Waals surface area (Å²) in [6.07, 6.45) is 0.868. The molecule has 0 amide bonds. The zero-order valence-corrected chi connectivity index (χ0v) is 21.8. The lowest BCUT2D eigenvalue weighted by Gasteiger charge is -2.37. The summed E-state index contributed by atoms with van der Waals surface area (Å²) in [5.74, 6) is 0.554. The van der Waals surface area contributed by atoms with Crippen LogP contribution < -0.4 is 25.8 Å². The van der Waals surface area contributed by atoms with Crippen molar-refractivity contribution in [2.45, 2.75) is 19.4 Å². The van der Waals surface area contributed by atoms with Crippen molar-refractivity contribution in [1.82, 2.24) is 14.0 Å². The number of piperazine rings is 1. The number of carbonyl (C=O) groups is 1. The van der Waals surface area contributed by atoms with Gasteiger partial charge in [-0.25, -0.2) is 4.79 Å². The summed E-state index contributed by atoms with van der Waals surface area (Å²) < 4.78 is 8.75. The van der Waals surface area contributed by atoms with E-state index >= 15 is 0 Å². The molecule has 1 fully saturated rings. The molecule has 3 heterocycles. The lowest BCUT2D eigenvalue weighted by atomic mass is 10.1. The molecular formula is C28H33N5O5. The SMILES string of the molecule is Cn1c(N2CCN(CCCN3c4ccccc4COc4ccc(CC(=O)O)cc43)CC2)cc(=O)n(C)c1=O. The molecule has 0 spiro atoms. The molecular weight excluding hydrogens is 486 g/mol.